The maximum Gasteiger partial charge on any atom is 0.410 e. The topological polar surface area (TPSA) is 67.2 Å². The molecule has 1 spiro atoms. The van der Waals surface area contributed by atoms with Crippen LogP contribution in [-0.4, -0.2) is 62.0 Å². The summed E-state index contributed by atoms with van der Waals surface area (Å²) in [6.07, 6.45) is 9.14. The zero-order chi connectivity index (χ0) is 22.2. The van der Waals surface area contributed by atoms with E-state index in [-0.39, 0.29) is 24.0 Å². The minimum Gasteiger partial charge on any atom is -0.444 e. The van der Waals surface area contributed by atoms with Crippen molar-refractivity contribution in [2.24, 2.45) is 0 Å². The quantitative estimate of drug-likeness (QED) is 0.729. The molecular weight excluding hydrogens is 392 g/mol. The maximum absolute atomic E-state index is 13.4. The average Bonchev–Trinajstić information content (AvgIpc) is 3.11. The summed E-state index contributed by atoms with van der Waals surface area (Å²) in [5.41, 5.74) is 1.97. The Kier molecular flexibility index (Phi) is 5.71. The third-order valence-electron chi connectivity index (χ3n) is 6.45. The number of ether oxygens (including phenoxy) is 1. The lowest BCUT2D eigenvalue weighted by Crippen LogP contribution is -2.65. The lowest BCUT2D eigenvalue weighted by atomic mass is 9.78. The van der Waals surface area contributed by atoms with Gasteiger partial charge in [-0.05, 0) is 52.2 Å². The van der Waals surface area contributed by atoms with E-state index in [1.165, 1.54) is 6.42 Å². The van der Waals surface area contributed by atoms with Crippen LogP contribution in [0.4, 0.5) is 4.79 Å². The van der Waals surface area contributed by atoms with Gasteiger partial charge in [0.1, 0.15) is 11.2 Å². The average molecular weight is 427 g/mol. The standard InChI is InChI=1S/C24H34N4O3/c1-18-9-8-12-26-16-19(25-21(18)26)15-20(29)28-14-13-27(22(30)31-23(2,3)4)17-24(28)10-6-5-7-11-24/h8-9,12,16H,5-7,10-11,13-15,17H2,1-4H3. The molecule has 2 aromatic rings. The van der Waals surface area contributed by atoms with Gasteiger partial charge in [0.2, 0.25) is 5.91 Å². The summed E-state index contributed by atoms with van der Waals surface area (Å²) < 4.78 is 7.60. The number of aryl methyl sites for hydroxylation is 1. The van der Waals surface area contributed by atoms with Crippen molar-refractivity contribution < 1.29 is 14.3 Å². The maximum atomic E-state index is 13.4. The van der Waals surface area contributed by atoms with Crippen LogP contribution >= 0.6 is 0 Å². The number of carbonyl (C=O) groups is 2. The van der Waals surface area contributed by atoms with Gasteiger partial charge in [-0.25, -0.2) is 9.78 Å². The van der Waals surface area contributed by atoms with Crippen molar-refractivity contribution in [2.75, 3.05) is 19.6 Å². The first kappa shape index (κ1) is 21.7. The van der Waals surface area contributed by atoms with Crippen molar-refractivity contribution in [1.29, 1.82) is 0 Å². The van der Waals surface area contributed by atoms with Crippen LogP contribution in [0.2, 0.25) is 0 Å². The molecule has 0 radical (unpaired) electrons. The zero-order valence-electron chi connectivity index (χ0n) is 19.2. The monoisotopic (exact) mass is 426 g/mol. The third-order valence-corrected chi connectivity index (χ3v) is 6.45. The smallest absolute Gasteiger partial charge is 0.410 e. The highest BCUT2D eigenvalue weighted by atomic mass is 16.6. The summed E-state index contributed by atoms with van der Waals surface area (Å²) in [7, 11) is 0. The van der Waals surface area contributed by atoms with Crippen LogP contribution in [0, 0.1) is 6.92 Å². The Balaban J connectivity index is 1.52. The van der Waals surface area contributed by atoms with Crippen LogP contribution in [0.1, 0.15) is 64.1 Å². The van der Waals surface area contributed by atoms with Gasteiger partial charge >= 0.3 is 6.09 Å². The second-order valence-corrected chi connectivity index (χ2v) is 10.1. The Morgan fingerprint density at radius 2 is 1.90 bits per heavy atom. The molecule has 1 saturated heterocycles. The van der Waals surface area contributed by atoms with Crippen LogP contribution < -0.4 is 0 Å². The number of hydrogen-bond donors (Lipinski definition) is 0. The Bertz CT molecular complexity index is 969. The van der Waals surface area contributed by atoms with E-state index < -0.39 is 5.60 Å². The predicted molar refractivity (Wildman–Crippen MR) is 119 cm³/mol. The van der Waals surface area contributed by atoms with Gasteiger partial charge in [-0.3, -0.25) is 4.79 Å². The van der Waals surface area contributed by atoms with Crippen LogP contribution in [0.3, 0.4) is 0 Å². The molecule has 7 nitrogen and oxygen atoms in total. The summed E-state index contributed by atoms with van der Waals surface area (Å²) in [5, 5.41) is 0. The molecule has 1 aliphatic heterocycles. The molecule has 3 heterocycles. The number of rotatable bonds is 2. The minimum absolute atomic E-state index is 0.104. The van der Waals surface area contributed by atoms with Crippen molar-refractivity contribution in [2.45, 2.75) is 77.4 Å². The van der Waals surface area contributed by atoms with Crippen molar-refractivity contribution in [1.82, 2.24) is 19.2 Å². The SMILES string of the molecule is Cc1cccn2cc(CC(=O)N3CCN(C(=O)OC(C)(C)C)CC34CCCCC4)nc12. The fourth-order valence-corrected chi connectivity index (χ4v) is 5.03. The van der Waals surface area contributed by atoms with Gasteiger partial charge in [-0.1, -0.05) is 25.3 Å². The molecule has 31 heavy (non-hydrogen) atoms. The molecule has 0 unspecified atom stereocenters. The number of hydrogen-bond acceptors (Lipinski definition) is 4. The highest BCUT2D eigenvalue weighted by Gasteiger charge is 2.46. The molecule has 0 aromatic carbocycles. The lowest BCUT2D eigenvalue weighted by Gasteiger charge is -2.52. The summed E-state index contributed by atoms with van der Waals surface area (Å²) in [6.45, 7) is 9.29. The Morgan fingerprint density at radius 3 is 2.58 bits per heavy atom. The molecule has 0 atom stereocenters. The summed E-state index contributed by atoms with van der Waals surface area (Å²) in [5.74, 6) is 0.104. The van der Waals surface area contributed by atoms with E-state index in [9.17, 15) is 9.59 Å². The molecule has 2 aromatic heterocycles. The van der Waals surface area contributed by atoms with E-state index in [1.54, 1.807) is 4.90 Å². The number of fused-ring (bicyclic) bond motifs is 1. The van der Waals surface area contributed by atoms with Crippen molar-refractivity contribution in [3.8, 4) is 0 Å². The molecule has 0 bridgehead atoms. The molecule has 0 N–H and O–H groups in total. The van der Waals surface area contributed by atoms with Gasteiger partial charge in [0.25, 0.3) is 0 Å². The number of imidazole rings is 1. The van der Waals surface area contributed by atoms with E-state index >= 15 is 0 Å². The molecule has 2 fully saturated rings. The molecule has 2 amide bonds. The van der Waals surface area contributed by atoms with E-state index in [0.717, 1.165) is 42.6 Å². The molecule has 2 aliphatic rings. The molecule has 4 rings (SSSR count). The van der Waals surface area contributed by atoms with Gasteiger partial charge in [0.05, 0.1) is 17.7 Å². The zero-order valence-corrected chi connectivity index (χ0v) is 19.2. The highest BCUT2D eigenvalue weighted by Crippen LogP contribution is 2.37. The number of pyridine rings is 1. The van der Waals surface area contributed by atoms with Gasteiger partial charge < -0.3 is 18.9 Å². The minimum atomic E-state index is -0.523. The second kappa shape index (κ2) is 8.17. The van der Waals surface area contributed by atoms with Gasteiger partial charge in [0.15, 0.2) is 0 Å². The fraction of sp³-hybridized carbons (Fsp3) is 0.625. The first-order valence-corrected chi connectivity index (χ1v) is 11.4. The fourth-order valence-electron chi connectivity index (χ4n) is 5.03. The van der Waals surface area contributed by atoms with E-state index in [4.69, 9.17) is 9.72 Å². The van der Waals surface area contributed by atoms with Crippen LogP contribution in [0.5, 0.6) is 0 Å². The Morgan fingerprint density at radius 1 is 1.16 bits per heavy atom. The van der Waals surface area contributed by atoms with Gasteiger partial charge in [-0.15, -0.1) is 0 Å². The number of carbonyl (C=O) groups excluding carboxylic acids is 2. The van der Waals surface area contributed by atoms with Crippen LogP contribution in [-0.2, 0) is 16.0 Å². The molecule has 1 saturated carbocycles. The van der Waals surface area contributed by atoms with E-state index in [1.807, 2.05) is 61.5 Å². The normalized spacial score (nSPS) is 19.1. The second-order valence-electron chi connectivity index (χ2n) is 10.1. The Labute approximate surface area is 184 Å². The van der Waals surface area contributed by atoms with Gasteiger partial charge in [-0.2, -0.15) is 0 Å². The first-order chi connectivity index (χ1) is 14.7. The summed E-state index contributed by atoms with van der Waals surface area (Å²) in [4.78, 5) is 34.7. The summed E-state index contributed by atoms with van der Waals surface area (Å²) in [6, 6.07) is 4.02. The molecule has 7 heteroatoms. The number of amides is 2. The number of aromatic nitrogens is 2. The van der Waals surface area contributed by atoms with Crippen molar-refractivity contribution in [3.63, 3.8) is 0 Å². The van der Waals surface area contributed by atoms with Gasteiger partial charge in [0, 0.05) is 32.0 Å². The van der Waals surface area contributed by atoms with Crippen LogP contribution in [0.25, 0.3) is 5.65 Å². The predicted octanol–water partition coefficient (Wildman–Crippen LogP) is 3.97. The first-order valence-electron chi connectivity index (χ1n) is 11.4. The van der Waals surface area contributed by atoms with E-state index in [0.29, 0.717) is 19.6 Å². The highest BCUT2D eigenvalue weighted by molar-refractivity contribution is 5.80. The largest absolute Gasteiger partial charge is 0.444 e. The Hall–Kier alpha value is -2.57. The third kappa shape index (κ3) is 4.55. The number of nitrogens with zero attached hydrogens (tertiary/aromatic N) is 4. The molecule has 168 valence electrons. The molecule has 1 aliphatic carbocycles. The van der Waals surface area contributed by atoms with Crippen molar-refractivity contribution in [3.05, 3.63) is 35.8 Å². The van der Waals surface area contributed by atoms with Crippen LogP contribution in [0.15, 0.2) is 24.5 Å². The number of piperazine rings is 1. The molecular formula is C24H34N4O3. The summed E-state index contributed by atoms with van der Waals surface area (Å²) >= 11 is 0. The lowest BCUT2D eigenvalue weighted by molar-refractivity contribution is -0.143. The van der Waals surface area contributed by atoms with Crippen molar-refractivity contribution >= 4 is 17.6 Å². The van der Waals surface area contributed by atoms with E-state index in [2.05, 4.69) is 0 Å².